The molecule has 9 heteroatoms. The van der Waals surface area contributed by atoms with Crippen molar-refractivity contribution in [2.45, 2.75) is 27.7 Å². The Hall–Kier alpha value is -3.49. The Bertz CT molecular complexity index is 1020. The molecule has 0 spiro atoms. The van der Waals surface area contributed by atoms with E-state index in [1.165, 1.54) is 22.5 Å². The topological polar surface area (TPSA) is 24.7 Å². The van der Waals surface area contributed by atoms with E-state index in [2.05, 4.69) is 91.8 Å². The Balaban J connectivity index is 0.00000255. The molecule has 0 bridgehead atoms. The first-order valence-corrected chi connectivity index (χ1v) is 12.5. The molecule has 0 unspecified atom stereocenters. The predicted octanol–water partition coefficient (Wildman–Crippen LogP) is 3.92. The minimum absolute atomic E-state index is 0. The number of allylic oxidation sites excluding steroid dienone is 5. The Labute approximate surface area is 225 Å². The normalized spacial score (nSPS) is 10.9. The van der Waals surface area contributed by atoms with Gasteiger partial charge in [-0.25, -0.2) is 4.58 Å². The number of halogens is 4. The molecule has 0 aliphatic carbocycles. The van der Waals surface area contributed by atoms with Crippen molar-refractivity contribution in [1.82, 2.24) is 4.90 Å². The van der Waals surface area contributed by atoms with Gasteiger partial charge in [0.15, 0.2) is 0 Å². The molecule has 0 fully saturated rings. The second-order valence-corrected chi connectivity index (χ2v) is 7.73. The van der Waals surface area contributed by atoms with Gasteiger partial charge in [0.2, 0.25) is 5.71 Å². The van der Waals surface area contributed by atoms with Crippen LogP contribution in [-0.2, 0) is 0 Å². The molecule has 0 radical (unpaired) electrons. The molecule has 0 atom stereocenters. The van der Waals surface area contributed by atoms with Crippen LogP contribution in [0.25, 0.3) is 5.70 Å². The van der Waals surface area contributed by atoms with E-state index >= 15 is 0 Å². The van der Waals surface area contributed by atoms with E-state index in [1.54, 1.807) is 14.2 Å². The first kappa shape index (κ1) is 34.5. The van der Waals surface area contributed by atoms with Gasteiger partial charge in [-0.1, -0.05) is 18.2 Å². The Kier molecular flexibility index (Phi) is 17.8. The summed E-state index contributed by atoms with van der Waals surface area (Å²) in [6.07, 6.45) is 10.7. The number of benzene rings is 2. The number of hydrogen-bond acceptors (Lipinski definition) is 3. The van der Waals surface area contributed by atoms with Crippen molar-refractivity contribution in [1.29, 1.82) is 0 Å². The van der Waals surface area contributed by atoms with E-state index in [0.717, 1.165) is 37.7 Å². The molecule has 4 nitrogen and oxygen atoms in total. The molecular weight excluding hydrogens is 495 g/mol. The maximum Gasteiger partial charge on any atom is 0.762 e. The molecule has 208 valence electrons. The monoisotopic (exact) mass is 534 g/mol. The predicted molar refractivity (Wildman–Crippen MR) is 150 cm³/mol. The van der Waals surface area contributed by atoms with Crippen molar-refractivity contribution >= 4 is 19.0 Å². The number of hydrogen-bond donors (Lipinski definition) is 0. The first-order valence-electron chi connectivity index (χ1n) is 12.5. The Morgan fingerprint density at radius 2 is 1.21 bits per heavy atom. The van der Waals surface area contributed by atoms with Crippen LogP contribution >= 0.6 is 0 Å². The molecule has 2 aromatic rings. The molecule has 0 N–H and O–H groups in total. The highest BCUT2D eigenvalue weighted by molar-refractivity contribution is 6.33. The van der Waals surface area contributed by atoms with E-state index in [-0.39, 0.29) is 4.70 Å². The van der Waals surface area contributed by atoms with Gasteiger partial charge in [-0.3, -0.25) is 12.9 Å². The van der Waals surface area contributed by atoms with Gasteiger partial charge < -0.3 is 19.1 Å². The molecule has 2 rings (SSSR count). The van der Waals surface area contributed by atoms with Crippen LogP contribution in [-0.4, -0.2) is 63.1 Å². The van der Waals surface area contributed by atoms with Gasteiger partial charge in [-0.15, -0.1) is 0 Å². The molecule has 0 heterocycles. The summed E-state index contributed by atoms with van der Waals surface area (Å²) in [5.74, 6) is 1.74. The molecule has 2 aromatic carbocycles. The second-order valence-electron chi connectivity index (χ2n) is 7.73. The lowest BCUT2D eigenvalue weighted by atomic mass is 10.1. The third-order valence-electron chi connectivity index (χ3n) is 5.71. The highest BCUT2D eigenvalue weighted by atomic mass is 19.4. The lowest BCUT2D eigenvalue weighted by molar-refractivity contribution is -0.519. The van der Waals surface area contributed by atoms with Gasteiger partial charge in [0.1, 0.15) is 24.6 Å². The molecule has 38 heavy (non-hydrogen) atoms. The SMILES string of the molecule is CCN(CC)C(=CC=CC=CC(c1ccc(OC)cc1)=[N+](CC)CC)c1ccc(OC)cc1.FB(F)F.[F-]. The second kappa shape index (κ2) is 19.6. The van der Waals surface area contributed by atoms with E-state index < -0.39 is 7.54 Å². The van der Waals surface area contributed by atoms with Crippen LogP contribution in [0, 0.1) is 0 Å². The van der Waals surface area contributed by atoms with E-state index in [0.29, 0.717) is 0 Å². The van der Waals surface area contributed by atoms with Crippen molar-refractivity contribution < 1.29 is 31.7 Å². The first-order chi connectivity index (χ1) is 17.8. The van der Waals surface area contributed by atoms with Crippen molar-refractivity contribution in [2.75, 3.05) is 40.4 Å². The average molecular weight is 534 g/mol. The fraction of sp³-hybridized carbons (Fsp3) is 0.345. The molecule has 0 aliphatic heterocycles. The number of nitrogens with zero attached hydrogens (tertiary/aromatic N) is 2. The molecule has 0 aliphatic rings. The lowest BCUT2D eigenvalue weighted by Crippen LogP contribution is -3.00. The van der Waals surface area contributed by atoms with Crippen molar-refractivity contribution in [3.63, 3.8) is 0 Å². The minimum atomic E-state index is -3.67. The van der Waals surface area contributed by atoms with E-state index in [4.69, 9.17) is 9.47 Å². The molecule has 0 saturated heterocycles. The summed E-state index contributed by atoms with van der Waals surface area (Å²) < 4.78 is 42.0. The van der Waals surface area contributed by atoms with Gasteiger partial charge >= 0.3 is 7.54 Å². The summed E-state index contributed by atoms with van der Waals surface area (Å²) in [6.45, 7) is 12.6. The van der Waals surface area contributed by atoms with Crippen LogP contribution in [0.5, 0.6) is 11.5 Å². The third-order valence-corrected chi connectivity index (χ3v) is 5.71. The van der Waals surface area contributed by atoms with Crippen molar-refractivity contribution in [3.05, 3.63) is 90.0 Å². The van der Waals surface area contributed by atoms with Gasteiger partial charge in [0, 0.05) is 30.4 Å². The summed E-state index contributed by atoms with van der Waals surface area (Å²) in [4.78, 5) is 2.36. The zero-order chi connectivity index (χ0) is 27.6. The number of rotatable bonds is 12. The van der Waals surface area contributed by atoms with Gasteiger partial charge in [0.05, 0.1) is 14.2 Å². The molecule has 0 saturated carbocycles. The van der Waals surface area contributed by atoms with Gasteiger partial charge in [-0.05, 0) is 87.9 Å². The zero-order valence-electron chi connectivity index (χ0n) is 23.1. The highest BCUT2D eigenvalue weighted by Gasteiger charge is 2.12. The third kappa shape index (κ3) is 11.7. The van der Waals surface area contributed by atoms with E-state index in [1.807, 2.05) is 24.3 Å². The number of ether oxygens (including phenoxy) is 2. The Morgan fingerprint density at radius 3 is 1.61 bits per heavy atom. The van der Waals surface area contributed by atoms with Crippen LogP contribution in [0.2, 0.25) is 0 Å². The van der Waals surface area contributed by atoms with Crippen LogP contribution in [0.15, 0.2) is 78.9 Å². The van der Waals surface area contributed by atoms with Crippen LogP contribution < -0.4 is 14.2 Å². The smallest absolute Gasteiger partial charge is 0.762 e. The summed E-state index contributed by atoms with van der Waals surface area (Å²) in [5, 5.41) is 0. The molecule has 0 amide bonds. The fourth-order valence-electron chi connectivity index (χ4n) is 3.78. The minimum Gasteiger partial charge on any atom is -1.00 e. The van der Waals surface area contributed by atoms with Crippen LogP contribution in [0.1, 0.15) is 38.8 Å². The standard InChI is InChI=1S/C29H39N2O2.BF3.FH/c1-7-30(8-2)28(24-16-20-26(32-5)21-17-24)14-12-11-13-15-29(31(9-3)10-4)25-18-22-27(33-6)23-19-25;2-1(3)4;/h11-23H,7-10H2,1-6H3;;1H/q+1;;/p-1. The van der Waals surface area contributed by atoms with Crippen LogP contribution in [0.3, 0.4) is 0 Å². The van der Waals surface area contributed by atoms with Gasteiger partial charge in [-0.2, -0.15) is 0 Å². The van der Waals surface area contributed by atoms with Crippen molar-refractivity contribution in [2.24, 2.45) is 0 Å². The van der Waals surface area contributed by atoms with Gasteiger partial charge in [0.25, 0.3) is 0 Å². The van der Waals surface area contributed by atoms with Crippen LogP contribution in [0.4, 0.5) is 12.9 Å². The summed E-state index contributed by atoms with van der Waals surface area (Å²) in [7, 11) is -0.276. The van der Waals surface area contributed by atoms with Crippen molar-refractivity contribution in [3.8, 4) is 11.5 Å². The lowest BCUT2D eigenvalue weighted by Gasteiger charge is -2.24. The Morgan fingerprint density at radius 1 is 0.763 bits per heavy atom. The molecular formula is C29H39BF4N2O2. The van der Waals surface area contributed by atoms with E-state index in [9.17, 15) is 12.9 Å². The average Bonchev–Trinajstić information content (AvgIpc) is 2.91. The summed E-state index contributed by atoms with van der Waals surface area (Å²) >= 11 is 0. The maximum atomic E-state index is 9.67. The quantitative estimate of drug-likeness (QED) is 0.136. The molecule has 0 aromatic heterocycles. The summed E-state index contributed by atoms with van der Waals surface area (Å²) in [6, 6.07) is 16.5. The fourth-order valence-corrected chi connectivity index (χ4v) is 3.78. The largest absolute Gasteiger partial charge is 1.00 e. The number of methoxy groups -OCH3 is 2. The maximum absolute atomic E-state index is 9.67. The summed E-state index contributed by atoms with van der Waals surface area (Å²) in [5.41, 5.74) is 4.77. The highest BCUT2D eigenvalue weighted by Crippen LogP contribution is 2.22. The zero-order valence-corrected chi connectivity index (χ0v) is 23.1.